The van der Waals surface area contributed by atoms with Gasteiger partial charge in [-0.05, 0) is 37.8 Å². The fourth-order valence-electron chi connectivity index (χ4n) is 2.23. The summed E-state index contributed by atoms with van der Waals surface area (Å²) < 4.78 is 5.64. The lowest BCUT2D eigenvalue weighted by atomic mass is 10.0. The molecule has 2 aliphatic rings. The van der Waals surface area contributed by atoms with Gasteiger partial charge in [0, 0.05) is 24.2 Å². The number of aryl methyl sites for hydroxylation is 1. The van der Waals surface area contributed by atoms with Gasteiger partial charge in [0.2, 0.25) is 5.91 Å². The van der Waals surface area contributed by atoms with Gasteiger partial charge >= 0.3 is 0 Å². The molecule has 2 N–H and O–H groups in total. The van der Waals surface area contributed by atoms with Crippen LogP contribution in [0.25, 0.3) is 0 Å². The number of rotatable bonds is 4. The first-order chi connectivity index (χ1) is 9.61. The topological polar surface area (TPSA) is 67.4 Å². The van der Waals surface area contributed by atoms with Crippen LogP contribution in [0.1, 0.15) is 31.7 Å². The number of nitrogens with one attached hydrogen (secondary N) is 2. The molecular formula is C15H18N2O3. The van der Waals surface area contributed by atoms with E-state index in [-0.39, 0.29) is 11.8 Å². The van der Waals surface area contributed by atoms with Crippen molar-refractivity contribution in [3.63, 3.8) is 0 Å². The Morgan fingerprint density at radius 1 is 1.40 bits per heavy atom. The largest absolute Gasteiger partial charge is 0.481 e. The molecule has 1 aromatic carbocycles. The molecule has 3 rings (SSSR count). The van der Waals surface area contributed by atoms with Gasteiger partial charge in [0.15, 0.2) is 6.10 Å². The van der Waals surface area contributed by atoms with Gasteiger partial charge in [-0.15, -0.1) is 0 Å². The fourth-order valence-corrected chi connectivity index (χ4v) is 2.23. The predicted octanol–water partition coefficient (Wildman–Crippen LogP) is 1.62. The van der Waals surface area contributed by atoms with E-state index in [9.17, 15) is 9.59 Å². The maximum Gasteiger partial charge on any atom is 0.260 e. The number of carbonyl (C=O) groups excluding carboxylic acids is 2. The standard InChI is InChI=1S/C15H18N2O3/c1-9(15(19)16-11-4-5-11)20-12-6-2-10-3-7-14(18)17-13(10)8-12/h2,6,8-9,11H,3-5,7H2,1H3,(H,16,19)(H,17,18). The van der Waals surface area contributed by atoms with Crippen molar-refractivity contribution in [1.82, 2.24) is 5.32 Å². The van der Waals surface area contributed by atoms with Crippen LogP contribution in [0, 0.1) is 0 Å². The Morgan fingerprint density at radius 3 is 2.95 bits per heavy atom. The molecule has 0 aromatic heterocycles. The predicted molar refractivity (Wildman–Crippen MR) is 74.6 cm³/mol. The molecule has 0 bridgehead atoms. The van der Waals surface area contributed by atoms with E-state index >= 15 is 0 Å². The Kier molecular flexibility index (Phi) is 3.34. The first-order valence-electron chi connectivity index (χ1n) is 7.01. The van der Waals surface area contributed by atoms with Gasteiger partial charge < -0.3 is 15.4 Å². The summed E-state index contributed by atoms with van der Waals surface area (Å²) in [6, 6.07) is 5.90. The van der Waals surface area contributed by atoms with Crippen LogP contribution >= 0.6 is 0 Å². The van der Waals surface area contributed by atoms with Gasteiger partial charge in [-0.2, -0.15) is 0 Å². The second-order valence-electron chi connectivity index (χ2n) is 5.41. The van der Waals surface area contributed by atoms with Crippen molar-refractivity contribution in [3.8, 4) is 5.75 Å². The average Bonchev–Trinajstić information content (AvgIpc) is 3.22. The third-order valence-electron chi connectivity index (χ3n) is 3.58. The van der Waals surface area contributed by atoms with Crippen molar-refractivity contribution in [1.29, 1.82) is 0 Å². The normalized spacial score (nSPS) is 18.8. The summed E-state index contributed by atoms with van der Waals surface area (Å²) >= 11 is 0. The highest BCUT2D eigenvalue weighted by Crippen LogP contribution is 2.27. The molecule has 0 saturated heterocycles. The van der Waals surface area contributed by atoms with Crippen LogP contribution in [0.4, 0.5) is 5.69 Å². The molecule has 2 amide bonds. The lowest BCUT2D eigenvalue weighted by Gasteiger charge is -2.19. The first-order valence-corrected chi connectivity index (χ1v) is 7.01. The quantitative estimate of drug-likeness (QED) is 0.876. The number of carbonyl (C=O) groups is 2. The summed E-state index contributed by atoms with van der Waals surface area (Å²) in [6.45, 7) is 1.73. The van der Waals surface area contributed by atoms with Gasteiger partial charge in [0.1, 0.15) is 5.75 Å². The molecule has 1 aromatic rings. The zero-order valence-electron chi connectivity index (χ0n) is 11.4. The zero-order chi connectivity index (χ0) is 14.1. The van der Waals surface area contributed by atoms with Crippen LogP contribution in [0.3, 0.4) is 0 Å². The highest BCUT2D eigenvalue weighted by atomic mass is 16.5. The molecule has 0 spiro atoms. The van der Waals surface area contributed by atoms with Crippen LogP contribution in [0.5, 0.6) is 5.75 Å². The lowest BCUT2D eigenvalue weighted by molar-refractivity contribution is -0.127. The second-order valence-corrected chi connectivity index (χ2v) is 5.41. The van der Waals surface area contributed by atoms with E-state index in [1.165, 1.54) is 0 Å². The molecule has 1 unspecified atom stereocenters. The molecular weight excluding hydrogens is 256 g/mol. The molecule has 1 aliphatic carbocycles. The van der Waals surface area contributed by atoms with E-state index < -0.39 is 6.10 Å². The van der Waals surface area contributed by atoms with Crippen molar-refractivity contribution in [2.24, 2.45) is 0 Å². The molecule has 1 aliphatic heterocycles. The van der Waals surface area contributed by atoms with Crippen LogP contribution in [-0.4, -0.2) is 24.0 Å². The average molecular weight is 274 g/mol. The van der Waals surface area contributed by atoms with Crippen LogP contribution in [-0.2, 0) is 16.0 Å². The summed E-state index contributed by atoms with van der Waals surface area (Å²) in [5, 5.41) is 5.74. The highest BCUT2D eigenvalue weighted by Gasteiger charge is 2.26. The molecule has 1 fully saturated rings. The van der Waals surface area contributed by atoms with Crippen LogP contribution < -0.4 is 15.4 Å². The second kappa shape index (κ2) is 5.15. The first kappa shape index (κ1) is 13.0. The Bertz CT molecular complexity index is 552. The summed E-state index contributed by atoms with van der Waals surface area (Å²) in [5.74, 6) is 0.535. The molecule has 1 saturated carbocycles. The van der Waals surface area contributed by atoms with Crippen LogP contribution in [0.2, 0.25) is 0 Å². The van der Waals surface area contributed by atoms with Crippen molar-refractivity contribution in [2.45, 2.75) is 44.8 Å². The fraction of sp³-hybridized carbons (Fsp3) is 0.467. The molecule has 5 nitrogen and oxygen atoms in total. The third kappa shape index (κ3) is 2.92. The Balaban J connectivity index is 1.66. The summed E-state index contributed by atoms with van der Waals surface area (Å²) in [4.78, 5) is 23.2. The maximum atomic E-state index is 11.8. The molecule has 20 heavy (non-hydrogen) atoms. The summed E-state index contributed by atoms with van der Waals surface area (Å²) in [6.07, 6.45) is 2.85. The maximum absolute atomic E-state index is 11.8. The van der Waals surface area contributed by atoms with E-state index in [0.717, 1.165) is 30.5 Å². The van der Waals surface area contributed by atoms with Crippen molar-refractivity contribution >= 4 is 17.5 Å². The minimum absolute atomic E-state index is 0.0224. The van der Waals surface area contributed by atoms with E-state index in [2.05, 4.69) is 10.6 Å². The van der Waals surface area contributed by atoms with E-state index in [1.807, 2.05) is 12.1 Å². The monoisotopic (exact) mass is 274 g/mol. The van der Waals surface area contributed by atoms with Crippen LogP contribution in [0.15, 0.2) is 18.2 Å². The highest BCUT2D eigenvalue weighted by molar-refractivity contribution is 5.94. The summed E-state index contributed by atoms with van der Waals surface area (Å²) in [7, 11) is 0. The molecule has 0 radical (unpaired) electrons. The molecule has 106 valence electrons. The van der Waals surface area contributed by atoms with Gasteiger partial charge in [0.05, 0.1) is 0 Å². The minimum atomic E-state index is -0.534. The third-order valence-corrected chi connectivity index (χ3v) is 3.58. The molecule has 5 heteroatoms. The van der Waals surface area contributed by atoms with Gasteiger partial charge in [0.25, 0.3) is 5.91 Å². The van der Waals surface area contributed by atoms with E-state index in [1.54, 1.807) is 13.0 Å². The number of hydrogen-bond donors (Lipinski definition) is 2. The van der Waals surface area contributed by atoms with Crippen molar-refractivity contribution in [3.05, 3.63) is 23.8 Å². The number of hydrogen-bond acceptors (Lipinski definition) is 3. The van der Waals surface area contributed by atoms with E-state index in [4.69, 9.17) is 4.74 Å². The minimum Gasteiger partial charge on any atom is -0.481 e. The smallest absolute Gasteiger partial charge is 0.260 e. The Morgan fingerprint density at radius 2 is 2.20 bits per heavy atom. The van der Waals surface area contributed by atoms with Gasteiger partial charge in [-0.25, -0.2) is 0 Å². The Labute approximate surface area is 117 Å². The summed E-state index contributed by atoms with van der Waals surface area (Å²) in [5.41, 5.74) is 1.89. The Hall–Kier alpha value is -2.04. The molecule has 1 heterocycles. The lowest BCUT2D eigenvalue weighted by Crippen LogP contribution is -2.37. The van der Waals surface area contributed by atoms with Crippen molar-refractivity contribution in [2.75, 3.05) is 5.32 Å². The van der Waals surface area contributed by atoms with Gasteiger partial charge in [-0.1, -0.05) is 6.07 Å². The van der Waals surface area contributed by atoms with Crippen molar-refractivity contribution < 1.29 is 14.3 Å². The SMILES string of the molecule is CC(Oc1ccc2c(c1)NC(=O)CC2)C(=O)NC1CC1. The van der Waals surface area contributed by atoms with E-state index in [0.29, 0.717) is 18.2 Å². The number of anilines is 1. The number of benzene rings is 1. The molecule has 1 atom stereocenters. The number of ether oxygens (including phenoxy) is 1. The number of amides is 2. The number of fused-ring (bicyclic) bond motifs is 1. The zero-order valence-corrected chi connectivity index (χ0v) is 11.4. The van der Waals surface area contributed by atoms with Gasteiger partial charge in [-0.3, -0.25) is 9.59 Å².